The highest BCUT2D eigenvalue weighted by Gasteiger charge is 2.28. The summed E-state index contributed by atoms with van der Waals surface area (Å²) in [5.41, 5.74) is 0.577. The van der Waals surface area contributed by atoms with Gasteiger partial charge in [-0.15, -0.1) is 0 Å². The number of nitrogens with zero attached hydrogens (tertiary/aromatic N) is 2. The summed E-state index contributed by atoms with van der Waals surface area (Å²) in [6.45, 7) is 1.02. The van der Waals surface area contributed by atoms with E-state index in [1.807, 2.05) is 0 Å². The van der Waals surface area contributed by atoms with Crippen LogP contribution in [0.2, 0.25) is 10.0 Å². The molecule has 0 atom stereocenters. The lowest BCUT2D eigenvalue weighted by molar-refractivity contribution is 0.466. The molecule has 2 aromatic carbocycles. The summed E-state index contributed by atoms with van der Waals surface area (Å²) in [5.74, 6) is 0. The van der Waals surface area contributed by atoms with Gasteiger partial charge in [0.1, 0.15) is 0 Å². The van der Waals surface area contributed by atoms with Gasteiger partial charge < -0.3 is 0 Å². The van der Waals surface area contributed by atoms with Crippen LogP contribution in [0.25, 0.3) is 0 Å². The molecule has 1 aliphatic rings. The molecule has 0 aliphatic carbocycles. The molecule has 0 radical (unpaired) electrons. The largest absolute Gasteiger partial charge is 0.243 e. The maximum atomic E-state index is 12.8. The topological polar surface area (TPSA) is 74.8 Å². The SMILES string of the molecule is CN(Cc1cccc(Cl)c1Cl)S(=O)(=O)c1ccc(S(=O)(=O)N2CCCC2)cc1. The smallest absolute Gasteiger partial charge is 0.207 e. The Morgan fingerprint density at radius 2 is 1.50 bits per heavy atom. The molecule has 0 bridgehead atoms. The molecular weight excluding hydrogens is 443 g/mol. The fraction of sp³-hybridized carbons (Fsp3) is 0.333. The van der Waals surface area contributed by atoms with Crippen LogP contribution in [0, 0.1) is 0 Å². The third kappa shape index (κ3) is 4.22. The van der Waals surface area contributed by atoms with Gasteiger partial charge in [0.2, 0.25) is 20.0 Å². The van der Waals surface area contributed by atoms with Gasteiger partial charge in [0.05, 0.1) is 19.8 Å². The van der Waals surface area contributed by atoms with E-state index in [0.29, 0.717) is 28.7 Å². The average Bonchev–Trinajstić information content (AvgIpc) is 3.21. The van der Waals surface area contributed by atoms with Crippen LogP contribution in [0.3, 0.4) is 0 Å². The molecule has 10 heteroatoms. The zero-order valence-electron chi connectivity index (χ0n) is 15.2. The van der Waals surface area contributed by atoms with Crippen LogP contribution in [-0.4, -0.2) is 45.6 Å². The molecule has 0 unspecified atom stereocenters. The van der Waals surface area contributed by atoms with Gasteiger partial charge in [0.15, 0.2) is 0 Å². The molecule has 1 saturated heterocycles. The summed E-state index contributed by atoms with van der Waals surface area (Å²) in [4.78, 5) is 0.0995. The van der Waals surface area contributed by atoms with Crippen molar-refractivity contribution in [1.82, 2.24) is 8.61 Å². The first-order valence-electron chi connectivity index (χ1n) is 8.63. The van der Waals surface area contributed by atoms with Gasteiger partial charge in [0.25, 0.3) is 0 Å². The fourth-order valence-electron chi connectivity index (χ4n) is 3.04. The second-order valence-electron chi connectivity index (χ2n) is 6.56. The molecule has 0 amide bonds. The number of hydrogen-bond donors (Lipinski definition) is 0. The van der Waals surface area contributed by atoms with E-state index in [1.54, 1.807) is 18.2 Å². The Bertz CT molecular complexity index is 1070. The molecule has 152 valence electrons. The predicted octanol–water partition coefficient (Wildman–Crippen LogP) is 3.60. The molecule has 0 spiro atoms. The van der Waals surface area contributed by atoms with E-state index in [1.165, 1.54) is 35.6 Å². The maximum Gasteiger partial charge on any atom is 0.243 e. The Labute approximate surface area is 175 Å². The molecule has 3 rings (SSSR count). The Kier molecular flexibility index (Phi) is 6.38. The standard InChI is InChI=1S/C18H20Cl2N2O4S2/c1-21(13-14-5-4-6-17(19)18(14)20)27(23,24)15-7-9-16(10-8-15)28(25,26)22-11-2-3-12-22/h4-10H,2-3,11-13H2,1H3. The van der Waals surface area contributed by atoms with Crippen molar-refractivity contribution in [3.05, 3.63) is 58.1 Å². The van der Waals surface area contributed by atoms with Crippen LogP contribution < -0.4 is 0 Å². The lowest BCUT2D eigenvalue weighted by Gasteiger charge is -2.19. The third-order valence-corrected chi connectivity index (χ3v) is 9.25. The van der Waals surface area contributed by atoms with Crippen LogP contribution >= 0.6 is 23.2 Å². The van der Waals surface area contributed by atoms with Gasteiger partial charge in [-0.3, -0.25) is 0 Å². The fourth-order valence-corrected chi connectivity index (χ4v) is 6.08. The van der Waals surface area contributed by atoms with Gasteiger partial charge >= 0.3 is 0 Å². The van der Waals surface area contributed by atoms with Crippen molar-refractivity contribution in [2.75, 3.05) is 20.1 Å². The van der Waals surface area contributed by atoms with E-state index >= 15 is 0 Å². The van der Waals surface area contributed by atoms with E-state index < -0.39 is 20.0 Å². The van der Waals surface area contributed by atoms with Crippen LogP contribution in [0.5, 0.6) is 0 Å². The highest BCUT2D eigenvalue weighted by atomic mass is 35.5. The zero-order valence-corrected chi connectivity index (χ0v) is 18.3. The first-order valence-corrected chi connectivity index (χ1v) is 12.3. The summed E-state index contributed by atoms with van der Waals surface area (Å²) in [6.07, 6.45) is 1.67. The van der Waals surface area contributed by atoms with Crippen LogP contribution in [0.4, 0.5) is 0 Å². The number of hydrogen-bond acceptors (Lipinski definition) is 4. The first kappa shape index (κ1) is 21.5. The van der Waals surface area contributed by atoms with Crippen LogP contribution in [0.15, 0.2) is 52.3 Å². The van der Waals surface area contributed by atoms with Crippen molar-refractivity contribution in [3.8, 4) is 0 Å². The molecule has 1 heterocycles. The number of sulfonamides is 2. The van der Waals surface area contributed by atoms with E-state index in [2.05, 4.69) is 0 Å². The van der Waals surface area contributed by atoms with E-state index in [0.717, 1.165) is 17.1 Å². The van der Waals surface area contributed by atoms with Crippen molar-refractivity contribution in [1.29, 1.82) is 0 Å². The van der Waals surface area contributed by atoms with Crippen molar-refractivity contribution in [2.24, 2.45) is 0 Å². The monoisotopic (exact) mass is 462 g/mol. The van der Waals surface area contributed by atoms with Crippen molar-refractivity contribution in [2.45, 2.75) is 29.2 Å². The Morgan fingerprint density at radius 1 is 0.929 bits per heavy atom. The second-order valence-corrected chi connectivity index (χ2v) is 11.3. The molecule has 28 heavy (non-hydrogen) atoms. The van der Waals surface area contributed by atoms with Crippen molar-refractivity contribution in [3.63, 3.8) is 0 Å². The van der Waals surface area contributed by atoms with Crippen molar-refractivity contribution >= 4 is 43.2 Å². The van der Waals surface area contributed by atoms with Crippen LogP contribution in [0.1, 0.15) is 18.4 Å². The summed E-state index contributed by atoms with van der Waals surface area (Å²) in [5, 5.41) is 0.653. The highest BCUT2D eigenvalue weighted by Crippen LogP contribution is 2.28. The second kappa shape index (κ2) is 8.30. The summed E-state index contributed by atoms with van der Waals surface area (Å²) in [6, 6.07) is 10.3. The summed E-state index contributed by atoms with van der Waals surface area (Å²) < 4.78 is 53.4. The molecule has 0 saturated carbocycles. The van der Waals surface area contributed by atoms with Gasteiger partial charge in [-0.2, -0.15) is 8.61 Å². The third-order valence-electron chi connectivity index (χ3n) is 4.66. The van der Waals surface area contributed by atoms with Gasteiger partial charge in [-0.1, -0.05) is 35.3 Å². The van der Waals surface area contributed by atoms with Crippen molar-refractivity contribution < 1.29 is 16.8 Å². The molecule has 1 aliphatic heterocycles. The average molecular weight is 463 g/mol. The first-order chi connectivity index (χ1) is 13.1. The Balaban J connectivity index is 1.82. The van der Waals surface area contributed by atoms with Gasteiger partial charge in [-0.25, -0.2) is 16.8 Å². The minimum atomic E-state index is -3.82. The minimum absolute atomic E-state index is 0.00789. The van der Waals surface area contributed by atoms with E-state index in [-0.39, 0.29) is 16.3 Å². The lowest BCUT2D eigenvalue weighted by atomic mass is 10.2. The van der Waals surface area contributed by atoms with Gasteiger partial charge in [-0.05, 0) is 48.7 Å². The molecule has 6 nitrogen and oxygen atoms in total. The Hall–Kier alpha value is -1.16. The molecule has 0 aromatic heterocycles. The molecule has 2 aromatic rings. The normalized spacial score (nSPS) is 16.0. The number of halogens is 2. The van der Waals surface area contributed by atoms with E-state index in [9.17, 15) is 16.8 Å². The highest BCUT2D eigenvalue weighted by molar-refractivity contribution is 7.89. The van der Waals surface area contributed by atoms with Gasteiger partial charge in [0, 0.05) is 26.7 Å². The summed E-state index contributed by atoms with van der Waals surface area (Å²) in [7, 11) is -5.98. The quantitative estimate of drug-likeness (QED) is 0.656. The summed E-state index contributed by atoms with van der Waals surface area (Å²) >= 11 is 12.1. The van der Waals surface area contributed by atoms with E-state index in [4.69, 9.17) is 23.2 Å². The Morgan fingerprint density at radius 3 is 2.11 bits per heavy atom. The number of benzene rings is 2. The number of rotatable bonds is 6. The zero-order chi connectivity index (χ0) is 20.5. The predicted molar refractivity (Wildman–Crippen MR) is 110 cm³/mol. The molecule has 0 N–H and O–H groups in total. The maximum absolute atomic E-state index is 12.8. The lowest BCUT2D eigenvalue weighted by Crippen LogP contribution is -2.28. The molecular formula is C18H20Cl2N2O4S2. The van der Waals surface area contributed by atoms with Crippen LogP contribution in [-0.2, 0) is 26.6 Å². The molecule has 1 fully saturated rings. The minimum Gasteiger partial charge on any atom is -0.207 e.